The van der Waals surface area contributed by atoms with Crippen molar-refractivity contribution in [2.75, 3.05) is 54.1 Å². The lowest BCUT2D eigenvalue weighted by Crippen LogP contribution is -2.49. The molecule has 7 nitrogen and oxygen atoms in total. The van der Waals surface area contributed by atoms with E-state index in [4.69, 9.17) is 25.8 Å². The van der Waals surface area contributed by atoms with Crippen molar-refractivity contribution in [2.24, 2.45) is 0 Å². The molecular weight excluding hydrogens is 336 g/mol. The summed E-state index contributed by atoms with van der Waals surface area (Å²) in [4.78, 5) is 27.3. The SMILES string of the molecule is COc1cc(C(=O)N2CCN(CC(=O)Cl)CC2)cc(OC)c1OC. The van der Waals surface area contributed by atoms with E-state index in [1.807, 2.05) is 4.90 Å². The quantitative estimate of drug-likeness (QED) is 0.714. The molecule has 1 heterocycles. The number of amides is 1. The standard InChI is InChI=1S/C16H21ClN2O5/c1-22-12-8-11(9-13(23-2)15(12)24-3)16(21)19-6-4-18(5-7-19)10-14(17)20/h8-9H,4-7,10H2,1-3H3. The molecule has 1 saturated heterocycles. The molecule has 24 heavy (non-hydrogen) atoms. The van der Waals surface area contributed by atoms with Crippen LogP contribution in [-0.4, -0.2) is 75.0 Å². The fourth-order valence-corrected chi connectivity index (χ4v) is 2.84. The van der Waals surface area contributed by atoms with Crippen molar-refractivity contribution in [1.29, 1.82) is 0 Å². The van der Waals surface area contributed by atoms with Gasteiger partial charge in [0.1, 0.15) is 0 Å². The van der Waals surface area contributed by atoms with Crippen LogP contribution in [0.3, 0.4) is 0 Å². The van der Waals surface area contributed by atoms with Crippen LogP contribution in [0.4, 0.5) is 0 Å². The first-order valence-electron chi connectivity index (χ1n) is 7.50. The van der Waals surface area contributed by atoms with E-state index in [1.54, 1.807) is 17.0 Å². The van der Waals surface area contributed by atoms with Crippen LogP contribution in [0.25, 0.3) is 0 Å². The molecule has 1 aliphatic rings. The number of halogens is 1. The number of piperazine rings is 1. The third kappa shape index (κ3) is 4.10. The summed E-state index contributed by atoms with van der Waals surface area (Å²) in [6, 6.07) is 3.27. The Hall–Kier alpha value is -1.99. The number of ether oxygens (including phenoxy) is 3. The third-order valence-corrected chi connectivity index (χ3v) is 4.04. The number of rotatable bonds is 6. The van der Waals surface area contributed by atoms with Crippen LogP contribution < -0.4 is 14.2 Å². The van der Waals surface area contributed by atoms with Gasteiger partial charge in [-0.2, -0.15) is 0 Å². The van der Waals surface area contributed by atoms with Crippen molar-refractivity contribution in [3.05, 3.63) is 17.7 Å². The highest BCUT2D eigenvalue weighted by atomic mass is 35.5. The molecule has 0 unspecified atom stereocenters. The zero-order valence-electron chi connectivity index (χ0n) is 14.0. The summed E-state index contributed by atoms with van der Waals surface area (Å²) in [5, 5.41) is -0.389. The second-order valence-electron chi connectivity index (χ2n) is 5.34. The summed E-state index contributed by atoms with van der Waals surface area (Å²) in [5.74, 6) is 1.20. The molecule has 2 rings (SSSR count). The van der Waals surface area contributed by atoms with Gasteiger partial charge in [-0.15, -0.1) is 0 Å². The highest BCUT2D eigenvalue weighted by molar-refractivity contribution is 6.64. The molecular formula is C16H21ClN2O5. The Morgan fingerprint density at radius 2 is 1.54 bits per heavy atom. The van der Waals surface area contributed by atoms with Crippen molar-refractivity contribution in [1.82, 2.24) is 9.80 Å². The number of methoxy groups -OCH3 is 3. The number of carbonyl (C=O) groups is 2. The van der Waals surface area contributed by atoms with Crippen LogP contribution >= 0.6 is 11.6 Å². The topological polar surface area (TPSA) is 68.3 Å². The van der Waals surface area contributed by atoms with Crippen molar-refractivity contribution in [2.45, 2.75) is 0 Å². The fourth-order valence-electron chi connectivity index (χ4n) is 2.67. The minimum Gasteiger partial charge on any atom is -0.493 e. The number of hydrogen-bond acceptors (Lipinski definition) is 6. The maximum atomic E-state index is 12.7. The van der Waals surface area contributed by atoms with Gasteiger partial charge in [-0.05, 0) is 23.7 Å². The number of carbonyl (C=O) groups excluding carboxylic acids is 2. The highest BCUT2D eigenvalue weighted by Gasteiger charge is 2.25. The van der Waals surface area contributed by atoms with E-state index >= 15 is 0 Å². The molecule has 8 heteroatoms. The smallest absolute Gasteiger partial charge is 0.254 e. The molecule has 0 aromatic heterocycles. The molecule has 1 fully saturated rings. The Morgan fingerprint density at radius 3 is 1.96 bits per heavy atom. The van der Waals surface area contributed by atoms with E-state index in [0.717, 1.165) is 0 Å². The van der Waals surface area contributed by atoms with E-state index in [0.29, 0.717) is 49.0 Å². The van der Waals surface area contributed by atoms with Crippen LogP contribution in [-0.2, 0) is 4.79 Å². The van der Waals surface area contributed by atoms with Gasteiger partial charge in [0.2, 0.25) is 11.0 Å². The third-order valence-electron chi connectivity index (χ3n) is 3.92. The Morgan fingerprint density at radius 1 is 1.00 bits per heavy atom. The first-order valence-corrected chi connectivity index (χ1v) is 7.88. The molecule has 1 aromatic carbocycles. The summed E-state index contributed by atoms with van der Waals surface area (Å²) >= 11 is 5.40. The van der Waals surface area contributed by atoms with Gasteiger partial charge in [-0.3, -0.25) is 14.5 Å². The lowest BCUT2D eigenvalue weighted by molar-refractivity contribution is -0.113. The second kappa shape index (κ2) is 8.21. The van der Waals surface area contributed by atoms with E-state index in [9.17, 15) is 9.59 Å². The second-order valence-corrected chi connectivity index (χ2v) is 5.76. The average molecular weight is 357 g/mol. The maximum absolute atomic E-state index is 12.7. The monoisotopic (exact) mass is 356 g/mol. The summed E-state index contributed by atoms with van der Waals surface area (Å²) in [7, 11) is 4.53. The van der Waals surface area contributed by atoms with Gasteiger partial charge in [0.25, 0.3) is 5.91 Å². The predicted octanol–water partition coefficient (Wildman–Crippen LogP) is 1.24. The van der Waals surface area contributed by atoms with Gasteiger partial charge >= 0.3 is 0 Å². The normalized spacial score (nSPS) is 15.1. The number of nitrogens with zero attached hydrogens (tertiary/aromatic N) is 2. The molecule has 0 aliphatic carbocycles. The Bertz CT molecular complexity index is 589. The van der Waals surface area contributed by atoms with Crippen LogP contribution in [0.2, 0.25) is 0 Å². The Kier molecular flexibility index (Phi) is 6.28. The van der Waals surface area contributed by atoms with Crippen molar-refractivity contribution in [3.63, 3.8) is 0 Å². The van der Waals surface area contributed by atoms with E-state index in [-0.39, 0.29) is 17.7 Å². The number of hydrogen-bond donors (Lipinski definition) is 0. The Balaban J connectivity index is 2.14. The van der Waals surface area contributed by atoms with Crippen LogP contribution in [0.5, 0.6) is 17.2 Å². The van der Waals surface area contributed by atoms with Crippen molar-refractivity contribution in [3.8, 4) is 17.2 Å². The Labute approximate surface area is 146 Å². The molecule has 1 amide bonds. The molecule has 0 N–H and O–H groups in total. The van der Waals surface area contributed by atoms with Crippen LogP contribution in [0.1, 0.15) is 10.4 Å². The van der Waals surface area contributed by atoms with Crippen molar-refractivity contribution >= 4 is 22.8 Å². The van der Waals surface area contributed by atoms with Crippen LogP contribution in [0.15, 0.2) is 12.1 Å². The van der Waals surface area contributed by atoms with Gasteiger partial charge < -0.3 is 19.1 Å². The van der Waals surface area contributed by atoms with Gasteiger partial charge in [-0.1, -0.05) is 0 Å². The van der Waals surface area contributed by atoms with Gasteiger partial charge in [-0.25, -0.2) is 0 Å². The zero-order chi connectivity index (χ0) is 17.7. The predicted molar refractivity (Wildman–Crippen MR) is 89.3 cm³/mol. The van der Waals surface area contributed by atoms with Gasteiger partial charge in [0.05, 0.1) is 27.9 Å². The molecule has 1 aromatic rings. The molecule has 0 spiro atoms. The lowest BCUT2D eigenvalue weighted by atomic mass is 10.1. The first kappa shape index (κ1) is 18.4. The largest absolute Gasteiger partial charge is 0.493 e. The summed E-state index contributed by atoms with van der Waals surface area (Å²) < 4.78 is 15.8. The van der Waals surface area contributed by atoms with Gasteiger partial charge in [0.15, 0.2) is 11.5 Å². The minimum atomic E-state index is -0.389. The highest BCUT2D eigenvalue weighted by Crippen LogP contribution is 2.38. The fraction of sp³-hybridized carbons (Fsp3) is 0.500. The molecule has 0 atom stereocenters. The van der Waals surface area contributed by atoms with E-state index in [1.165, 1.54) is 21.3 Å². The van der Waals surface area contributed by atoms with E-state index < -0.39 is 0 Å². The number of benzene rings is 1. The van der Waals surface area contributed by atoms with Gasteiger partial charge in [0, 0.05) is 31.7 Å². The van der Waals surface area contributed by atoms with Crippen LogP contribution in [0, 0.1) is 0 Å². The first-order chi connectivity index (χ1) is 11.5. The molecule has 0 bridgehead atoms. The molecule has 0 radical (unpaired) electrons. The summed E-state index contributed by atoms with van der Waals surface area (Å²) in [5.41, 5.74) is 0.464. The maximum Gasteiger partial charge on any atom is 0.254 e. The minimum absolute atomic E-state index is 0.119. The zero-order valence-corrected chi connectivity index (χ0v) is 14.8. The average Bonchev–Trinajstić information content (AvgIpc) is 2.59. The van der Waals surface area contributed by atoms with Crippen molar-refractivity contribution < 1.29 is 23.8 Å². The molecule has 132 valence electrons. The summed E-state index contributed by atoms with van der Waals surface area (Å²) in [6.07, 6.45) is 0. The summed E-state index contributed by atoms with van der Waals surface area (Å²) in [6.45, 7) is 2.47. The van der Waals surface area contributed by atoms with E-state index in [2.05, 4.69) is 0 Å². The molecule has 1 aliphatic heterocycles. The lowest BCUT2D eigenvalue weighted by Gasteiger charge is -2.34. The molecule has 0 saturated carbocycles.